The van der Waals surface area contributed by atoms with E-state index in [1.165, 1.54) is 0 Å². The molecule has 1 fully saturated rings. The molecule has 3 heteroatoms. The van der Waals surface area contributed by atoms with Gasteiger partial charge in [-0.05, 0) is 25.3 Å². The lowest BCUT2D eigenvalue weighted by Gasteiger charge is -2.34. The fourth-order valence-corrected chi connectivity index (χ4v) is 1.55. The van der Waals surface area contributed by atoms with Crippen LogP contribution in [-0.4, -0.2) is 29.9 Å². The van der Waals surface area contributed by atoms with Crippen molar-refractivity contribution in [2.75, 3.05) is 13.1 Å². The van der Waals surface area contributed by atoms with Gasteiger partial charge in [0, 0.05) is 19.1 Å². The van der Waals surface area contributed by atoms with E-state index in [0.717, 1.165) is 13.0 Å². The number of nitrogens with zero attached hydrogens (tertiary/aromatic N) is 1. The van der Waals surface area contributed by atoms with Crippen molar-refractivity contribution in [3.8, 4) is 0 Å². The van der Waals surface area contributed by atoms with Crippen LogP contribution in [0.4, 0.5) is 0 Å². The molecule has 1 heterocycles. The van der Waals surface area contributed by atoms with Crippen molar-refractivity contribution in [3.63, 3.8) is 0 Å². The van der Waals surface area contributed by atoms with E-state index >= 15 is 0 Å². The van der Waals surface area contributed by atoms with Gasteiger partial charge in [-0.1, -0.05) is 13.0 Å². The van der Waals surface area contributed by atoms with Gasteiger partial charge >= 0.3 is 0 Å². The number of carbonyl (C=O) groups excluding carboxylic acids is 1. The molecule has 0 aliphatic carbocycles. The van der Waals surface area contributed by atoms with Crippen LogP contribution in [-0.2, 0) is 4.79 Å². The molecule has 0 bridgehead atoms. The van der Waals surface area contributed by atoms with E-state index in [-0.39, 0.29) is 11.9 Å². The zero-order valence-corrected chi connectivity index (χ0v) is 8.36. The molecule has 74 valence electrons. The molecular formula is C10H18N2O. The molecule has 1 saturated heterocycles. The molecule has 1 aliphatic rings. The monoisotopic (exact) mass is 182 g/mol. The van der Waals surface area contributed by atoms with Gasteiger partial charge in [0.1, 0.15) is 0 Å². The van der Waals surface area contributed by atoms with Crippen LogP contribution >= 0.6 is 0 Å². The van der Waals surface area contributed by atoms with Crippen molar-refractivity contribution in [3.05, 3.63) is 12.2 Å². The van der Waals surface area contributed by atoms with Crippen molar-refractivity contribution >= 4 is 5.91 Å². The number of hydrogen-bond donors (Lipinski definition) is 1. The third kappa shape index (κ3) is 2.56. The summed E-state index contributed by atoms with van der Waals surface area (Å²) in [6.45, 7) is 5.54. The van der Waals surface area contributed by atoms with E-state index < -0.39 is 0 Å². The Morgan fingerprint density at radius 3 is 2.85 bits per heavy atom. The molecule has 2 unspecified atom stereocenters. The van der Waals surface area contributed by atoms with Crippen LogP contribution in [0, 0.1) is 5.92 Å². The van der Waals surface area contributed by atoms with E-state index in [0.29, 0.717) is 12.5 Å². The number of piperidine rings is 1. The van der Waals surface area contributed by atoms with Crippen molar-refractivity contribution < 1.29 is 4.79 Å². The molecule has 13 heavy (non-hydrogen) atoms. The summed E-state index contributed by atoms with van der Waals surface area (Å²) in [5.41, 5.74) is 5.88. The van der Waals surface area contributed by atoms with Crippen LogP contribution in [0.15, 0.2) is 12.2 Å². The highest BCUT2D eigenvalue weighted by Gasteiger charge is 2.24. The van der Waals surface area contributed by atoms with Gasteiger partial charge in [-0.15, -0.1) is 0 Å². The number of amides is 1. The number of allylic oxidation sites excluding steroid dienone is 1. The first kappa shape index (κ1) is 10.3. The predicted octanol–water partition coefficient (Wildman–Crippen LogP) is 0.758. The molecule has 1 amide bonds. The van der Waals surface area contributed by atoms with E-state index in [2.05, 4.69) is 6.92 Å². The van der Waals surface area contributed by atoms with Crippen molar-refractivity contribution in [2.45, 2.75) is 26.3 Å². The summed E-state index contributed by atoms with van der Waals surface area (Å²) in [7, 11) is 0. The lowest BCUT2D eigenvalue weighted by molar-refractivity contribution is -0.127. The number of hydrogen-bond acceptors (Lipinski definition) is 2. The minimum absolute atomic E-state index is 0.0878. The lowest BCUT2D eigenvalue weighted by Crippen LogP contribution is -2.49. The first-order valence-corrected chi connectivity index (χ1v) is 4.82. The van der Waals surface area contributed by atoms with Crippen molar-refractivity contribution in [1.29, 1.82) is 0 Å². The van der Waals surface area contributed by atoms with Crippen LogP contribution in [0.5, 0.6) is 0 Å². The Kier molecular flexibility index (Phi) is 3.48. The highest BCUT2D eigenvalue weighted by Crippen LogP contribution is 2.15. The topological polar surface area (TPSA) is 46.3 Å². The fourth-order valence-electron chi connectivity index (χ4n) is 1.55. The standard InChI is InChI=1S/C10H18N2O/c1-3-4-10(13)12-6-5-8(2)9(11)7-12/h3-4,8-9H,5-7,11H2,1-2H3/b4-3+. The van der Waals surface area contributed by atoms with Crippen LogP contribution in [0.3, 0.4) is 0 Å². The molecule has 0 saturated carbocycles. The molecule has 0 radical (unpaired) electrons. The third-order valence-corrected chi connectivity index (χ3v) is 2.64. The average molecular weight is 182 g/mol. The second-order valence-corrected chi connectivity index (χ2v) is 3.71. The minimum atomic E-state index is 0.0878. The maximum atomic E-state index is 11.4. The van der Waals surface area contributed by atoms with Crippen molar-refractivity contribution in [2.24, 2.45) is 11.7 Å². The van der Waals surface area contributed by atoms with Crippen LogP contribution in [0.2, 0.25) is 0 Å². The zero-order chi connectivity index (χ0) is 9.84. The molecule has 3 nitrogen and oxygen atoms in total. The van der Waals surface area contributed by atoms with E-state index in [1.54, 1.807) is 12.2 Å². The van der Waals surface area contributed by atoms with E-state index in [9.17, 15) is 4.79 Å². The van der Waals surface area contributed by atoms with Gasteiger partial charge < -0.3 is 10.6 Å². The normalized spacial score (nSPS) is 29.6. The van der Waals surface area contributed by atoms with E-state index in [1.807, 2.05) is 11.8 Å². The van der Waals surface area contributed by atoms with Crippen molar-refractivity contribution in [1.82, 2.24) is 4.90 Å². The fraction of sp³-hybridized carbons (Fsp3) is 0.700. The number of nitrogens with two attached hydrogens (primary N) is 1. The molecular weight excluding hydrogens is 164 g/mol. The number of likely N-dealkylation sites (tertiary alicyclic amines) is 1. The second-order valence-electron chi connectivity index (χ2n) is 3.71. The maximum Gasteiger partial charge on any atom is 0.246 e. The van der Waals surface area contributed by atoms with E-state index in [4.69, 9.17) is 5.73 Å². The predicted molar refractivity (Wildman–Crippen MR) is 53.2 cm³/mol. The van der Waals surface area contributed by atoms with Gasteiger partial charge in [0.25, 0.3) is 0 Å². The van der Waals surface area contributed by atoms with Crippen LogP contribution in [0.1, 0.15) is 20.3 Å². The first-order chi connectivity index (χ1) is 6.15. The van der Waals surface area contributed by atoms with Crippen LogP contribution in [0.25, 0.3) is 0 Å². The molecule has 2 N–H and O–H groups in total. The summed E-state index contributed by atoms with van der Waals surface area (Å²) in [4.78, 5) is 13.3. The Morgan fingerprint density at radius 2 is 2.31 bits per heavy atom. The summed E-state index contributed by atoms with van der Waals surface area (Å²) in [6.07, 6.45) is 4.39. The van der Waals surface area contributed by atoms with Gasteiger partial charge in [-0.25, -0.2) is 0 Å². The Hall–Kier alpha value is -0.830. The molecule has 0 spiro atoms. The molecule has 0 aromatic heterocycles. The van der Waals surface area contributed by atoms with Gasteiger partial charge in [-0.2, -0.15) is 0 Å². The maximum absolute atomic E-state index is 11.4. The lowest BCUT2D eigenvalue weighted by atomic mass is 9.94. The van der Waals surface area contributed by atoms with Gasteiger partial charge in [0.2, 0.25) is 5.91 Å². The minimum Gasteiger partial charge on any atom is -0.338 e. The average Bonchev–Trinajstić information content (AvgIpc) is 2.10. The SMILES string of the molecule is C/C=C/C(=O)N1CCC(C)C(N)C1. The second kappa shape index (κ2) is 4.42. The first-order valence-electron chi connectivity index (χ1n) is 4.82. The summed E-state index contributed by atoms with van der Waals surface area (Å²) in [5, 5.41) is 0. The Bertz CT molecular complexity index is 213. The number of rotatable bonds is 1. The Morgan fingerprint density at radius 1 is 1.62 bits per heavy atom. The van der Waals surface area contributed by atoms with Gasteiger partial charge in [0.05, 0.1) is 0 Å². The molecule has 0 aromatic carbocycles. The summed E-state index contributed by atoms with van der Waals surface area (Å²) < 4.78 is 0. The largest absolute Gasteiger partial charge is 0.338 e. The summed E-state index contributed by atoms with van der Waals surface area (Å²) >= 11 is 0. The molecule has 2 atom stereocenters. The Balaban J connectivity index is 2.50. The highest BCUT2D eigenvalue weighted by molar-refractivity contribution is 5.87. The Labute approximate surface area is 79.6 Å². The van der Waals surface area contributed by atoms with Gasteiger partial charge in [0.15, 0.2) is 0 Å². The molecule has 0 aromatic rings. The van der Waals surface area contributed by atoms with Crippen LogP contribution < -0.4 is 5.73 Å². The number of carbonyl (C=O) groups is 1. The smallest absolute Gasteiger partial charge is 0.246 e. The quantitative estimate of drug-likeness (QED) is 0.608. The molecule has 1 aliphatic heterocycles. The highest BCUT2D eigenvalue weighted by atomic mass is 16.2. The summed E-state index contributed by atoms with van der Waals surface area (Å²) in [5.74, 6) is 0.625. The third-order valence-electron chi connectivity index (χ3n) is 2.64. The molecule has 1 rings (SSSR count). The summed E-state index contributed by atoms with van der Waals surface area (Å²) in [6, 6.07) is 0.142. The van der Waals surface area contributed by atoms with Gasteiger partial charge in [-0.3, -0.25) is 4.79 Å². The zero-order valence-electron chi connectivity index (χ0n) is 8.36.